The Bertz CT molecular complexity index is 506. The Kier molecular flexibility index (Phi) is 5.26. The second kappa shape index (κ2) is 6.33. The maximum absolute atomic E-state index is 12.8. The molecule has 0 spiro atoms. The summed E-state index contributed by atoms with van der Waals surface area (Å²) in [7, 11) is 0.938. The topological polar surface area (TPSA) is 48.4 Å². The van der Waals surface area contributed by atoms with Crippen molar-refractivity contribution in [2.75, 3.05) is 7.11 Å². The lowest BCUT2D eigenvalue weighted by Gasteiger charge is -2.15. The molecule has 0 aliphatic rings. The van der Waals surface area contributed by atoms with Gasteiger partial charge in [0.25, 0.3) is 6.43 Å². The molecule has 0 fully saturated rings. The van der Waals surface area contributed by atoms with Gasteiger partial charge in [0, 0.05) is 5.33 Å². The van der Waals surface area contributed by atoms with Gasteiger partial charge in [0.15, 0.2) is 11.4 Å². The van der Waals surface area contributed by atoms with E-state index in [-0.39, 0.29) is 11.0 Å². The van der Waals surface area contributed by atoms with Gasteiger partial charge >= 0.3 is 12.3 Å². The van der Waals surface area contributed by atoms with E-state index in [1.54, 1.807) is 0 Å². The van der Waals surface area contributed by atoms with E-state index in [9.17, 15) is 26.7 Å². The molecule has 1 rings (SSSR count). The van der Waals surface area contributed by atoms with E-state index in [1.807, 2.05) is 0 Å². The van der Waals surface area contributed by atoms with Gasteiger partial charge in [-0.3, -0.25) is 0 Å². The zero-order valence-corrected chi connectivity index (χ0v) is 11.4. The lowest BCUT2D eigenvalue weighted by molar-refractivity contribution is -0.275. The van der Waals surface area contributed by atoms with E-state index in [0.717, 1.165) is 7.11 Å². The van der Waals surface area contributed by atoms with Crippen LogP contribution in [-0.4, -0.2) is 24.4 Å². The summed E-state index contributed by atoms with van der Waals surface area (Å²) >= 11 is 2.83. The maximum atomic E-state index is 12.8. The molecule has 0 bridgehead atoms. The monoisotopic (exact) mass is 363 g/mol. The molecular formula is C10H7BrF5NO3. The van der Waals surface area contributed by atoms with Gasteiger partial charge in [-0.05, 0) is 6.07 Å². The van der Waals surface area contributed by atoms with Gasteiger partial charge in [0.05, 0.1) is 18.4 Å². The summed E-state index contributed by atoms with van der Waals surface area (Å²) < 4.78 is 69.9. The molecule has 0 aromatic carbocycles. The number of alkyl halides is 6. The largest absolute Gasteiger partial charge is 0.573 e. The van der Waals surface area contributed by atoms with Crippen LogP contribution in [0, 0.1) is 0 Å². The highest BCUT2D eigenvalue weighted by molar-refractivity contribution is 9.08. The standard InChI is InChI=1S/C10H7BrF5NO3/c1-19-9(18)7-4(8(12)13)2-6(5(3-11)17-7)20-10(14,15)16/h2,8H,3H2,1H3. The van der Waals surface area contributed by atoms with E-state index in [4.69, 9.17) is 0 Å². The minimum Gasteiger partial charge on any atom is -0.464 e. The van der Waals surface area contributed by atoms with Crippen molar-refractivity contribution in [2.45, 2.75) is 18.1 Å². The zero-order valence-electron chi connectivity index (χ0n) is 9.80. The molecule has 20 heavy (non-hydrogen) atoms. The number of hydrogen-bond acceptors (Lipinski definition) is 4. The SMILES string of the molecule is COC(=O)c1nc(CBr)c(OC(F)(F)F)cc1C(F)F. The minimum atomic E-state index is -5.06. The predicted molar refractivity (Wildman–Crippen MR) is 59.8 cm³/mol. The Morgan fingerprint density at radius 3 is 2.45 bits per heavy atom. The molecule has 1 aromatic heterocycles. The first-order chi connectivity index (χ1) is 9.19. The molecule has 4 nitrogen and oxygen atoms in total. The van der Waals surface area contributed by atoms with Crippen molar-refractivity contribution < 1.29 is 36.2 Å². The Morgan fingerprint density at radius 1 is 1.45 bits per heavy atom. The maximum Gasteiger partial charge on any atom is 0.573 e. The lowest BCUT2D eigenvalue weighted by atomic mass is 10.1. The molecule has 0 aliphatic carbocycles. The summed E-state index contributed by atoms with van der Waals surface area (Å²) in [6.07, 6.45) is -8.28. The van der Waals surface area contributed by atoms with E-state index in [0.29, 0.717) is 6.07 Å². The average Bonchev–Trinajstić information content (AvgIpc) is 2.35. The second-order valence-corrected chi connectivity index (χ2v) is 3.91. The van der Waals surface area contributed by atoms with Gasteiger partial charge in [0.1, 0.15) is 0 Å². The van der Waals surface area contributed by atoms with E-state index in [1.165, 1.54) is 0 Å². The number of carbonyl (C=O) groups is 1. The third kappa shape index (κ3) is 4.02. The molecule has 0 N–H and O–H groups in total. The van der Waals surface area contributed by atoms with Gasteiger partial charge in [-0.25, -0.2) is 18.6 Å². The number of carbonyl (C=O) groups excluding carboxylic acids is 1. The molecule has 0 saturated carbocycles. The number of methoxy groups -OCH3 is 1. The number of hydrogen-bond donors (Lipinski definition) is 0. The fourth-order valence-electron chi connectivity index (χ4n) is 1.28. The summed E-state index contributed by atoms with van der Waals surface area (Å²) in [5.41, 5.74) is -2.11. The van der Waals surface area contributed by atoms with Crippen LogP contribution >= 0.6 is 15.9 Å². The van der Waals surface area contributed by atoms with Gasteiger partial charge in [0.2, 0.25) is 0 Å². The average molecular weight is 364 g/mol. The third-order valence-electron chi connectivity index (χ3n) is 2.06. The molecule has 1 aromatic rings. The Hall–Kier alpha value is -1.45. The molecule has 0 amide bonds. The third-order valence-corrected chi connectivity index (χ3v) is 2.59. The van der Waals surface area contributed by atoms with Gasteiger partial charge < -0.3 is 9.47 Å². The normalized spacial score (nSPS) is 11.6. The van der Waals surface area contributed by atoms with Crippen molar-refractivity contribution in [1.29, 1.82) is 0 Å². The van der Waals surface area contributed by atoms with E-state index in [2.05, 4.69) is 30.4 Å². The first kappa shape index (κ1) is 16.6. The lowest BCUT2D eigenvalue weighted by Crippen LogP contribution is -2.20. The first-order valence-electron chi connectivity index (χ1n) is 4.91. The fourth-order valence-corrected chi connectivity index (χ4v) is 1.68. The van der Waals surface area contributed by atoms with Crippen LogP contribution in [0.4, 0.5) is 22.0 Å². The number of pyridine rings is 1. The Labute approximate surface area is 118 Å². The van der Waals surface area contributed by atoms with Gasteiger partial charge in [-0.2, -0.15) is 0 Å². The number of esters is 1. The van der Waals surface area contributed by atoms with Crippen LogP contribution in [0.5, 0.6) is 5.75 Å². The number of ether oxygens (including phenoxy) is 2. The molecule has 112 valence electrons. The van der Waals surface area contributed by atoms with Crippen molar-refractivity contribution >= 4 is 21.9 Å². The Balaban J connectivity index is 3.41. The molecule has 10 heteroatoms. The number of nitrogens with zero attached hydrogens (tertiary/aromatic N) is 1. The van der Waals surface area contributed by atoms with Crippen LogP contribution in [0.3, 0.4) is 0 Å². The summed E-state index contributed by atoms with van der Waals surface area (Å²) in [6, 6.07) is 0.425. The smallest absolute Gasteiger partial charge is 0.464 e. The highest BCUT2D eigenvalue weighted by Gasteiger charge is 2.34. The molecule has 0 saturated heterocycles. The van der Waals surface area contributed by atoms with Crippen LogP contribution in [0.1, 0.15) is 28.2 Å². The Morgan fingerprint density at radius 2 is 2.05 bits per heavy atom. The summed E-state index contributed by atoms with van der Waals surface area (Å²) in [4.78, 5) is 14.7. The van der Waals surface area contributed by atoms with E-state index < -0.39 is 35.8 Å². The summed E-state index contributed by atoms with van der Waals surface area (Å²) in [6.45, 7) is 0. The van der Waals surface area contributed by atoms with Crippen molar-refractivity contribution in [2.24, 2.45) is 0 Å². The molecule has 1 heterocycles. The van der Waals surface area contributed by atoms with Crippen molar-refractivity contribution in [1.82, 2.24) is 4.98 Å². The van der Waals surface area contributed by atoms with Crippen molar-refractivity contribution in [3.05, 3.63) is 23.0 Å². The number of aromatic nitrogens is 1. The van der Waals surface area contributed by atoms with Crippen LogP contribution in [-0.2, 0) is 10.1 Å². The second-order valence-electron chi connectivity index (χ2n) is 3.34. The predicted octanol–water partition coefficient (Wildman–Crippen LogP) is 3.60. The van der Waals surface area contributed by atoms with Crippen LogP contribution in [0.2, 0.25) is 0 Å². The van der Waals surface area contributed by atoms with Gasteiger partial charge in [-0.1, -0.05) is 15.9 Å². The zero-order chi connectivity index (χ0) is 15.5. The highest BCUT2D eigenvalue weighted by Crippen LogP contribution is 2.32. The summed E-state index contributed by atoms with van der Waals surface area (Å²) in [5.74, 6) is -2.08. The van der Waals surface area contributed by atoms with Crippen molar-refractivity contribution in [3.8, 4) is 5.75 Å². The number of halogens is 6. The minimum absolute atomic E-state index is 0.230. The highest BCUT2D eigenvalue weighted by atomic mass is 79.9. The molecule has 0 atom stereocenters. The number of rotatable bonds is 4. The fraction of sp³-hybridized carbons (Fsp3) is 0.400. The first-order valence-corrected chi connectivity index (χ1v) is 6.03. The molecule has 0 radical (unpaired) electrons. The van der Waals surface area contributed by atoms with Crippen LogP contribution < -0.4 is 4.74 Å². The van der Waals surface area contributed by atoms with Crippen LogP contribution in [0.15, 0.2) is 6.07 Å². The quantitative estimate of drug-likeness (QED) is 0.466. The molecule has 0 unspecified atom stereocenters. The van der Waals surface area contributed by atoms with Crippen molar-refractivity contribution in [3.63, 3.8) is 0 Å². The summed E-state index contributed by atoms with van der Waals surface area (Å²) in [5, 5.41) is -0.230. The molecular weight excluding hydrogens is 357 g/mol. The molecule has 0 aliphatic heterocycles. The van der Waals surface area contributed by atoms with E-state index >= 15 is 0 Å². The van der Waals surface area contributed by atoms with Gasteiger partial charge in [-0.15, -0.1) is 13.2 Å². The van der Waals surface area contributed by atoms with Crippen LogP contribution in [0.25, 0.3) is 0 Å².